The smallest absolute Gasteiger partial charge is 0.407 e. The van der Waals surface area contributed by atoms with E-state index in [1.165, 1.54) is 0 Å². The maximum absolute atomic E-state index is 11.6. The minimum Gasteiger partial charge on any atom is -0.482 e. The molecule has 0 atom stereocenters. The molecule has 0 aliphatic heterocycles. The van der Waals surface area contributed by atoms with Crippen molar-refractivity contribution in [1.29, 1.82) is 0 Å². The summed E-state index contributed by atoms with van der Waals surface area (Å²) in [4.78, 5) is 22.0. The van der Waals surface area contributed by atoms with Crippen LogP contribution in [0.15, 0.2) is 54.6 Å². The van der Waals surface area contributed by atoms with Crippen molar-refractivity contribution in [3.63, 3.8) is 0 Å². The number of ether oxygens (including phenoxy) is 2. The molecule has 0 saturated heterocycles. The second kappa shape index (κ2) is 9.97. The van der Waals surface area contributed by atoms with Gasteiger partial charge in [0.1, 0.15) is 12.4 Å². The molecular weight excluding hydrogens is 322 g/mol. The van der Waals surface area contributed by atoms with Crippen LogP contribution in [0.25, 0.3) is 0 Å². The molecule has 0 bridgehead atoms. The van der Waals surface area contributed by atoms with Gasteiger partial charge in [-0.25, -0.2) is 9.59 Å². The molecule has 0 saturated carbocycles. The molecule has 0 aromatic heterocycles. The van der Waals surface area contributed by atoms with Crippen molar-refractivity contribution < 1.29 is 24.2 Å². The van der Waals surface area contributed by atoms with Gasteiger partial charge in [0.2, 0.25) is 0 Å². The lowest BCUT2D eigenvalue weighted by molar-refractivity contribution is -0.139. The largest absolute Gasteiger partial charge is 0.482 e. The van der Waals surface area contributed by atoms with Crippen LogP contribution in [-0.2, 0) is 22.6 Å². The first kappa shape index (κ1) is 18.3. The Hall–Kier alpha value is -3.02. The standard InChI is InChI=1S/C19H21NO5/c21-18(22)14-24-17-10-8-15(9-11-17)7-4-12-20-19(23)25-13-16-5-2-1-3-6-16/h1-3,5-6,8-11H,4,7,12-14H2,(H,20,23)(H,21,22). The van der Waals surface area contributed by atoms with Crippen molar-refractivity contribution in [1.82, 2.24) is 5.32 Å². The highest BCUT2D eigenvalue weighted by Gasteiger charge is 2.03. The zero-order valence-corrected chi connectivity index (χ0v) is 13.8. The first-order chi connectivity index (χ1) is 12.1. The summed E-state index contributed by atoms with van der Waals surface area (Å²) in [6.07, 6.45) is 1.13. The second-order valence-corrected chi connectivity index (χ2v) is 5.42. The maximum atomic E-state index is 11.6. The average molecular weight is 343 g/mol. The SMILES string of the molecule is O=C(O)COc1ccc(CCCNC(=O)OCc2ccccc2)cc1. The van der Waals surface area contributed by atoms with Gasteiger partial charge in [-0.3, -0.25) is 0 Å². The van der Waals surface area contributed by atoms with Crippen LogP contribution < -0.4 is 10.1 Å². The van der Waals surface area contributed by atoms with Crippen molar-refractivity contribution in [3.8, 4) is 5.75 Å². The van der Waals surface area contributed by atoms with Gasteiger partial charge in [0, 0.05) is 6.54 Å². The van der Waals surface area contributed by atoms with E-state index in [1.807, 2.05) is 42.5 Å². The van der Waals surface area contributed by atoms with Crippen LogP contribution in [0.4, 0.5) is 4.79 Å². The number of aliphatic carboxylic acids is 1. The molecule has 2 aromatic rings. The third-order valence-corrected chi connectivity index (χ3v) is 3.41. The third-order valence-electron chi connectivity index (χ3n) is 3.41. The Morgan fingerprint density at radius 2 is 1.68 bits per heavy atom. The Bertz CT molecular complexity index is 670. The van der Waals surface area contributed by atoms with E-state index >= 15 is 0 Å². The minimum absolute atomic E-state index is 0.254. The zero-order valence-electron chi connectivity index (χ0n) is 13.8. The summed E-state index contributed by atoms with van der Waals surface area (Å²) >= 11 is 0. The minimum atomic E-state index is -1.01. The number of carbonyl (C=O) groups is 2. The fourth-order valence-electron chi connectivity index (χ4n) is 2.15. The lowest BCUT2D eigenvalue weighted by Crippen LogP contribution is -2.25. The van der Waals surface area contributed by atoms with E-state index < -0.39 is 12.1 Å². The summed E-state index contributed by atoms with van der Waals surface area (Å²) in [6.45, 7) is 0.420. The van der Waals surface area contributed by atoms with Crippen molar-refractivity contribution in [2.45, 2.75) is 19.4 Å². The number of carboxylic acid groups (broad SMARTS) is 1. The Kier molecular flexibility index (Phi) is 7.31. The number of aryl methyl sites for hydroxylation is 1. The molecule has 25 heavy (non-hydrogen) atoms. The van der Waals surface area contributed by atoms with Gasteiger partial charge in [0.05, 0.1) is 0 Å². The predicted molar refractivity (Wildman–Crippen MR) is 92.5 cm³/mol. The topological polar surface area (TPSA) is 84.9 Å². The van der Waals surface area contributed by atoms with Gasteiger partial charge in [-0.15, -0.1) is 0 Å². The normalized spacial score (nSPS) is 10.1. The maximum Gasteiger partial charge on any atom is 0.407 e. The van der Waals surface area contributed by atoms with Gasteiger partial charge in [-0.2, -0.15) is 0 Å². The highest BCUT2D eigenvalue weighted by molar-refractivity contribution is 5.68. The van der Waals surface area contributed by atoms with Gasteiger partial charge in [0.15, 0.2) is 6.61 Å². The molecule has 6 heteroatoms. The molecule has 0 spiro atoms. The van der Waals surface area contributed by atoms with E-state index in [-0.39, 0.29) is 13.2 Å². The van der Waals surface area contributed by atoms with Crippen LogP contribution in [0.2, 0.25) is 0 Å². The van der Waals surface area contributed by atoms with Gasteiger partial charge < -0.3 is 19.9 Å². The molecule has 2 N–H and O–H groups in total. The molecule has 0 fully saturated rings. The van der Waals surface area contributed by atoms with Crippen LogP contribution in [-0.4, -0.2) is 30.3 Å². The molecule has 0 aliphatic carbocycles. The van der Waals surface area contributed by atoms with Crippen molar-refractivity contribution in [3.05, 3.63) is 65.7 Å². The van der Waals surface area contributed by atoms with Crippen LogP contribution in [0, 0.1) is 0 Å². The number of amides is 1. The fraction of sp³-hybridized carbons (Fsp3) is 0.263. The lowest BCUT2D eigenvalue weighted by Gasteiger charge is -2.08. The molecule has 1 amide bonds. The van der Waals surface area contributed by atoms with Gasteiger partial charge in [0.25, 0.3) is 0 Å². The number of carboxylic acids is 1. The Morgan fingerprint density at radius 3 is 2.36 bits per heavy atom. The molecular formula is C19H21NO5. The highest BCUT2D eigenvalue weighted by Crippen LogP contribution is 2.13. The number of hydrogen-bond donors (Lipinski definition) is 2. The number of benzene rings is 2. The second-order valence-electron chi connectivity index (χ2n) is 5.42. The van der Waals surface area contributed by atoms with Gasteiger partial charge in [-0.1, -0.05) is 42.5 Å². The molecule has 0 heterocycles. The van der Waals surface area contributed by atoms with E-state index in [0.717, 1.165) is 24.0 Å². The van der Waals surface area contributed by atoms with E-state index in [0.29, 0.717) is 12.3 Å². The van der Waals surface area contributed by atoms with Crippen LogP contribution >= 0.6 is 0 Å². The predicted octanol–water partition coefficient (Wildman–Crippen LogP) is 3.01. The zero-order chi connectivity index (χ0) is 17.9. The van der Waals surface area contributed by atoms with Crippen LogP contribution in [0.1, 0.15) is 17.5 Å². The molecule has 6 nitrogen and oxygen atoms in total. The van der Waals surface area contributed by atoms with E-state index in [4.69, 9.17) is 14.6 Å². The first-order valence-electron chi connectivity index (χ1n) is 8.01. The number of nitrogens with one attached hydrogen (secondary N) is 1. The van der Waals surface area contributed by atoms with Gasteiger partial charge in [-0.05, 0) is 36.1 Å². The number of carbonyl (C=O) groups excluding carboxylic acids is 1. The molecule has 132 valence electrons. The Balaban J connectivity index is 1.60. The first-order valence-corrected chi connectivity index (χ1v) is 8.01. The van der Waals surface area contributed by atoms with E-state index in [2.05, 4.69) is 5.32 Å². The van der Waals surface area contributed by atoms with Crippen molar-refractivity contribution in [2.75, 3.05) is 13.2 Å². The Labute approximate surface area is 146 Å². The van der Waals surface area contributed by atoms with Gasteiger partial charge >= 0.3 is 12.1 Å². The molecule has 0 unspecified atom stereocenters. The fourth-order valence-corrected chi connectivity index (χ4v) is 2.15. The number of alkyl carbamates (subject to hydrolysis) is 1. The summed E-state index contributed by atoms with van der Waals surface area (Å²) in [5, 5.41) is 11.3. The summed E-state index contributed by atoms with van der Waals surface area (Å²) in [6, 6.07) is 16.7. The van der Waals surface area contributed by atoms with Crippen molar-refractivity contribution >= 4 is 12.1 Å². The summed E-state index contributed by atoms with van der Waals surface area (Å²) in [5.74, 6) is -0.483. The summed E-state index contributed by atoms with van der Waals surface area (Å²) in [7, 11) is 0. The molecule has 0 aliphatic rings. The molecule has 2 aromatic carbocycles. The quantitative estimate of drug-likeness (QED) is 0.684. The Morgan fingerprint density at radius 1 is 0.960 bits per heavy atom. The number of hydrogen-bond acceptors (Lipinski definition) is 4. The molecule has 2 rings (SSSR count). The number of rotatable bonds is 9. The summed E-state index contributed by atoms with van der Waals surface area (Å²) < 4.78 is 10.2. The lowest BCUT2D eigenvalue weighted by atomic mass is 10.1. The summed E-state index contributed by atoms with van der Waals surface area (Å²) in [5.41, 5.74) is 2.03. The monoisotopic (exact) mass is 343 g/mol. The van der Waals surface area contributed by atoms with E-state index in [1.54, 1.807) is 12.1 Å². The average Bonchev–Trinajstić information content (AvgIpc) is 2.63. The van der Waals surface area contributed by atoms with E-state index in [9.17, 15) is 9.59 Å². The third kappa shape index (κ3) is 7.39. The highest BCUT2D eigenvalue weighted by atomic mass is 16.5. The van der Waals surface area contributed by atoms with Crippen LogP contribution in [0.5, 0.6) is 5.75 Å². The molecule has 0 radical (unpaired) electrons. The van der Waals surface area contributed by atoms with Crippen LogP contribution in [0.3, 0.4) is 0 Å². The van der Waals surface area contributed by atoms with Crippen molar-refractivity contribution in [2.24, 2.45) is 0 Å².